The van der Waals surface area contributed by atoms with Crippen LogP contribution in [0.25, 0.3) is 0 Å². The molecule has 2 N–H and O–H groups in total. The van der Waals surface area contributed by atoms with Crippen LogP contribution in [-0.4, -0.2) is 18.6 Å². The van der Waals surface area contributed by atoms with Crippen molar-refractivity contribution in [2.45, 2.75) is 5.75 Å². The molecule has 0 atom stereocenters. The van der Waals surface area contributed by atoms with Gasteiger partial charge in [-0.15, -0.1) is 0 Å². The lowest BCUT2D eigenvalue weighted by Crippen LogP contribution is -2.12. The lowest BCUT2D eigenvalue weighted by atomic mass is 10.2. The fraction of sp³-hybridized carbons (Fsp3) is 0.0769. The van der Waals surface area contributed by atoms with Gasteiger partial charge in [0.1, 0.15) is 5.75 Å². The van der Waals surface area contributed by atoms with Gasteiger partial charge >= 0.3 is 10.1 Å². The first kappa shape index (κ1) is 13.2. The molecule has 5 nitrogen and oxygen atoms in total. The monoisotopic (exact) mass is 280 g/mol. The lowest BCUT2D eigenvalue weighted by Gasteiger charge is -2.09. The van der Waals surface area contributed by atoms with Crippen LogP contribution in [0.4, 0.5) is 0 Å². The van der Waals surface area contributed by atoms with Crippen LogP contribution in [0, 0.1) is 0 Å². The Morgan fingerprint density at radius 3 is 2.05 bits per heavy atom. The molecule has 0 aliphatic heterocycles. The van der Waals surface area contributed by atoms with Crippen molar-refractivity contribution in [1.29, 1.82) is 0 Å². The highest BCUT2D eigenvalue weighted by Crippen LogP contribution is 2.36. The highest BCUT2D eigenvalue weighted by Gasteiger charge is 2.19. The van der Waals surface area contributed by atoms with Gasteiger partial charge in [0.25, 0.3) is 0 Å². The minimum atomic E-state index is -3.95. The quantitative estimate of drug-likeness (QED) is 0.837. The Hall–Kier alpha value is -2.21. The molecule has 0 bridgehead atoms. The van der Waals surface area contributed by atoms with E-state index in [1.54, 1.807) is 30.3 Å². The summed E-state index contributed by atoms with van der Waals surface area (Å²) >= 11 is 0. The summed E-state index contributed by atoms with van der Waals surface area (Å²) in [6, 6.07) is 12.3. The summed E-state index contributed by atoms with van der Waals surface area (Å²) in [5, 5.41) is 18.9. The van der Waals surface area contributed by atoms with E-state index >= 15 is 0 Å². The molecule has 0 aliphatic carbocycles. The lowest BCUT2D eigenvalue weighted by molar-refractivity contribution is 0.395. The molecule has 0 aromatic heterocycles. The maximum Gasteiger partial charge on any atom is 0.313 e. The van der Waals surface area contributed by atoms with Gasteiger partial charge in [-0.05, 0) is 17.7 Å². The van der Waals surface area contributed by atoms with Crippen LogP contribution >= 0.6 is 0 Å². The van der Waals surface area contributed by atoms with E-state index in [1.165, 1.54) is 18.2 Å². The molecule has 0 radical (unpaired) electrons. The molecule has 0 heterocycles. The van der Waals surface area contributed by atoms with Crippen LogP contribution in [-0.2, 0) is 15.9 Å². The van der Waals surface area contributed by atoms with E-state index in [2.05, 4.69) is 0 Å². The number of hydrogen-bond acceptors (Lipinski definition) is 5. The standard InChI is InChI=1S/C13H12O5S/c14-11-7-4-8-12(15)13(11)18-19(16,17)9-10-5-2-1-3-6-10/h1-8,14-15H,9H2. The molecule has 19 heavy (non-hydrogen) atoms. The summed E-state index contributed by atoms with van der Waals surface area (Å²) in [7, 11) is -3.95. The predicted molar refractivity (Wildman–Crippen MR) is 69.5 cm³/mol. The molecule has 2 aromatic rings. The Balaban J connectivity index is 2.23. The highest BCUT2D eigenvalue weighted by atomic mass is 32.2. The van der Waals surface area contributed by atoms with E-state index in [9.17, 15) is 18.6 Å². The molecule has 0 amide bonds. The molecule has 0 saturated heterocycles. The predicted octanol–water partition coefficient (Wildman–Crippen LogP) is 2.01. The third-order valence-corrected chi connectivity index (χ3v) is 3.48. The third-order valence-electron chi connectivity index (χ3n) is 2.37. The van der Waals surface area contributed by atoms with E-state index in [0.29, 0.717) is 5.56 Å². The number of hydrogen-bond donors (Lipinski definition) is 2. The van der Waals surface area contributed by atoms with Crippen LogP contribution in [0.1, 0.15) is 5.56 Å². The van der Waals surface area contributed by atoms with Gasteiger partial charge in [0.2, 0.25) is 5.75 Å². The van der Waals surface area contributed by atoms with Gasteiger partial charge in [-0.1, -0.05) is 36.4 Å². The summed E-state index contributed by atoms with van der Waals surface area (Å²) in [6.07, 6.45) is 0. The molecule has 0 saturated carbocycles. The molecule has 100 valence electrons. The van der Waals surface area contributed by atoms with Gasteiger partial charge < -0.3 is 14.4 Å². The van der Waals surface area contributed by atoms with Crippen molar-refractivity contribution in [2.75, 3.05) is 0 Å². The number of aromatic hydroxyl groups is 2. The minimum absolute atomic E-state index is 0.346. The highest BCUT2D eigenvalue weighted by molar-refractivity contribution is 7.86. The molecular formula is C13H12O5S. The van der Waals surface area contributed by atoms with E-state index in [1.807, 2.05) is 0 Å². The molecule has 0 spiro atoms. The molecule has 0 fully saturated rings. The first-order valence-corrected chi connectivity index (χ1v) is 7.03. The molecule has 0 aliphatic rings. The number of phenols is 2. The van der Waals surface area contributed by atoms with Gasteiger partial charge in [-0.3, -0.25) is 0 Å². The van der Waals surface area contributed by atoms with Crippen molar-refractivity contribution >= 4 is 10.1 Å². The second kappa shape index (κ2) is 5.19. The second-order valence-electron chi connectivity index (χ2n) is 3.90. The van der Waals surface area contributed by atoms with Gasteiger partial charge in [-0.2, -0.15) is 8.42 Å². The Kier molecular flexibility index (Phi) is 3.62. The summed E-state index contributed by atoms with van der Waals surface area (Å²) in [5.74, 6) is -1.67. The van der Waals surface area contributed by atoms with Gasteiger partial charge in [0.15, 0.2) is 11.5 Å². The summed E-state index contributed by atoms with van der Waals surface area (Å²) in [4.78, 5) is 0. The van der Waals surface area contributed by atoms with Crippen molar-refractivity contribution in [2.24, 2.45) is 0 Å². The molecule has 6 heteroatoms. The SMILES string of the molecule is O=S(=O)(Cc1ccccc1)Oc1c(O)cccc1O. The first-order valence-electron chi connectivity index (χ1n) is 5.45. The first-order chi connectivity index (χ1) is 8.98. The summed E-state index contributed by atoms with van der Waals surface area (Å²) < 4.78 is 28.4. The maximum absolute atomic E-state index is 11.8. The Morgan fingerprint density at radius 2 is 1.47 bits per heavy atom. The number of benzene rings is 2. The third kappa shape index (κ3) is 3.38. The van der Waals surface area contributed by atoms with Crippen LogP contribution < -0.4 is 4.18 Å². The molecule has 0 unspecified atom stereocenters. The van der Waals surface area contributed by atoms with E-state index in [4.69, 9.17) is 4.18 Å². The minimum Gasteiger partial charge on any atom is -0.504 e. The molecule has 2 aromatic carbocycles. The van der Waals surface area contributed by atoms with Gasteiger partial charge in [0.05, 0.1) is 0 Å². The van der Waals surface area contributed by atoms with Crippen molar-refractivity contribution < 1.29 is 22.8 Å². The van der Waals surface area contributed by atoms with Crippen LogP contribution in [0.2, 0.25) is 0 Å². The van der Waals surface area contributed by atoms with Crippen molar-refractivity contribution in [3.63, 3.8) is 0 Å². The largest absolute Gasteiger partial charge is 0.504 e. The van der Waals surface area contributed by atoms with Crippen molar-refractivity contribution in [1.82, 2.24) is 0 Å². The smallest absolute Gasteiger partial charge is 0.313 e. The average molecular weight is 280 g/mol. The van der Waals surface area contributed by atoms with Crippen LogP contribution in [0.15, 0.2) is 48.5 Å². The topological polar surface area (TPSA) is 83.8 Å². The normalized spacial score (nSPS) is 11.2. The zero-order chi connectivity index (χ0) is 13.9. The fourth-order valence-corrected chi connectivity index (χ4v) is 2.62. The average Bonchev–Trinajstić information content (AvgIpc) is 2.35. The number of phenolic OH excluding ortho intramolecular Hbond substituents is 2. The molecular weight excluding hydrogens is 268 g/mol. The van der Waals surface area contributed by atoms with E-state index < -0.39 is 27.4 Å². The summed E-state index contributed by atoms with van der Waals surface area (Å²) in [5.41, 5.74) is 0.553. The maximum atomic E-state index is 11.8. The molecule has 2 rings (SSSR count). The number of para-hydroxylation sites is 1. The Morgan fingerprint density at radius 1 is 0.895 bits per heavy atom. The van der Waals surface area contributed by atoms with E-state index in [0.717, 1.165) is 0 Å². The zero-order valence-electron chi connectivity index (χ0n) is 9.85. The van der Waals surface area contributed by atoms with Crippen molar-refractivity contribution in [3.05, 3.63) is 54.1 Å². The van der Waals surface area contributed by atoms with Crippen molar-refractivity contribution in [3.8, 4) is 17.2 Å². The van der Waals surface area contributed by atoms with E-state index in [-0.39, 0.29) is 5.75 Å². The zero-order valence-corrected chi connectivity index (χ0v) is 10.7. The van der Waals surface area contributed by atoms with Gasteiger partial charge in [0, 0.05) is 0 Å². The van der Waals surface area contributed by atoms with Crippen LogP contribution in [0.5, 0.6) is 17.2 Å². The summed E-state index contributed by atoms with van der Waals surface area (Å²) in [6.45, 7) is 0. The fourth-order valence-electron chi connectivity index (χ4n) is 1.53. The Bertz CT molecular complexity index is 644. The second-order valence-corrected chi connectivity index (χ2v) is 5.47. The van der Waals surface area contributed by atoms with Gasteiger partial charge in [-0.25, -0.2) is 0 Å². The Labute approximate surface area is 110 Å². The van der Waals surface area contributed by atoms with Crippen LogP contribution in [0.3, 0.4) is 0 Å². The number of rotatable bonds is 4.